The van der Waals surface area contributed by atoms with Crippen molar-refractivity contribution in [3.05, 3.63) is 17.8 Å². The van der Waals surface area contributed by atoms with Crippen LogP contribution in [0.15, 0.2) is 12.1 Å². The topological polar surface area (TPSA) is 66.3 Å². The number of anilines is 1. The minimum atomic E-state index is -0.755. The molecule has 1 fully saturated rings. The molecule has 98 valence electrons. The van der Waals surface area contributed by atoms with Crippen LogP contribution in [-0.2, 0) is 4.79 Å². The molecule has 1 aliphatic rings. The number of aliphatic carboxylic acids is 1. The number of rotatable bonds is 6. The molecule has 1 saturated carbocycles. The van der Waals surface area contributed by atoms with Gasteiger partial charge in [-0.1, -0.05) is 6.42 Å². The van der Waals surface area contributed by atoms with E-state index in [1.165, 1.54) is 19.3 Å². The molecule has 18 heavy (non-hydrogen) atoms. The van der Waals surface area contributed by atoms with Gasteiger partial charge < -0.3 is 10.0 Å². The van der Waals surface area contributed by atoms with E-state index in [2.05, 4.69) is 10.2 Å². The summed E-state index contributed by atoms with van der Waals surface area (Å²) in [5.74, 6) is 0.655. The predicted molar refractivity (Wildman–Crippen MR) is 68.8 cm³/mol. The maximum atomic E-state index is 10.4. The zero-order chi connectivity index (χ0) is 13.0. The Morgan fingerprint density at radius 2 is 2.22 bits per heavy atom. The molecule has 0 aliphatic heterocycles. The van der Waals surface area contributed by atoms with Crippen LogP contribution in [0.3, 0.4) is 0 Å². The maximum absolute atomic E-state index is 10.4. The quantitative estimate of drug-likeness (QED) is 0.835. The van der Waals surface area contributed by atoms with Gasteiger partial charge in [0.1, 0.15) is 0 Å². The first-order valence-electron chi connectivity index (χ1n) is 6.43. The summed E-state index contributed by atoms with van der Waals surface area (Å²) in [6.07, 6.45) is 4.56. The van der Waals surface area contributed by atoms with Gasteiger partial charge in [0.2, 0.25) is 0 Å². The minimum Gasteiger partial charge on any atom is -0.481 e. The fourth-order valence-electron chi connectivity index (χ4n) is 2.04. The van der Waals surface area contributed by atoms with Crippen LogP contribution in [0.5, 0.6) is 0 Å². The third-order valence-corrected chi connectivity index (χ3v) is 3.47. The highest BCUT2D eigenvalue weighted by molar-refractivity contribution is 5.66. The standard InChI is InChI=1S/C13H19N3O2/c1-16(9-3-6-13(17)18)12-8-7-11(14-15-12)10-4-2-5-10/h7-8,10H,2-6,9H2,1H3,(H,17,18). The third-order valence-electron chi connectivity index (χ3n) is 3.47. The van der Waals surface area contributed by atoms with Gasteiger partial charge in [-0.25, -0.2) is 0 Å². The molecule has 1 heterocycles. The summed E-state index contributed by atoms with van der Waals surface area (Å²) in [4.78, 5) is 12.4. The lowest BCUT2D eigenvalue weighted by molar-refractivity contribution is -0.137. The van der Waals surface area contributed by atoms with E-state index in [0.29, 0.717) is 18.9 Å². The van der Waals surface area contributed by atoms with Crippen LogP contribution in [0.4, 0.5) is 5.82 Å². The van der Waals surface area contributed by atoms with Crippen molar-refractivity contribution >= 4 is 11.8 Å². The Kier molecular flexibility index (Phi) is 4.12. The molecule has 5 nitrogen and oxygen atoms in total. The zero-order valence-electron chi connectivity index (χ0n) is 10.7. The van der Waals surface area contributed by atoms with Gasteiger partial charge in [-0.2, -0.15) is 5.10 Å². The van der Waals surface area contributed by atoms with Crippen LogP contribution in [0.1, 0.15) is 43.7 Å². The number of carboxylic acid groups (broad SMARTS) is 1. The molecule has 0 unspecified atom stereocenters. The van der Waals surface area contributed by atoms with Gasteiger partial charge in [-0.05, 0) is 31.4 Å². The van der Waals surface area contributed by atoms with Crippen molar-refractivity contribution in [2.75, 3.05) is 18.5 Å². The number of carbonyl (C=O) groups is 1. The van der Waals surface area contributed by atoms with E-state index in [0.717, 1.165) is 11.5 Å². The van der Waals surface area contributed by atoms with Gasteiger partial charge >= 0.3 is 5.97 Å². The molecule has 1 aromatic heterocycles. The van der Waals surface area contributed by atoms with E-state index >= 15 is 0 Å². The second-order valence-electron chi connectivity index (χ2n) is 4.86. The van der Waals surface area contributed by atoms with Gasteiger partial charge in [-0.15, -0.1) is 5.10 Å². The fraction of sp³-hybridized carbons (Fsp3) is 0.615. The average Bonchev–Trinajstić information content (AvgIpc) is 2.27. The molecule has 0 saturated heterocycles. The SMILES string of the molecule is CN(CCCC(=O)O)c1ccc(C2CCC2)nn1. The molecule has 1 N–H and O–H groups in total. The summed E-state index contributed by atoms with van der Waals surface area (Å²) < 4.78 is 0. The second kappa shape index (κ2) is 5.80. The third kappa shape index (κ3) is 3.18. The second-order valence-corrected chi connectivity index (χ2v) is 4.86. The van der Waals surface area contributed by atoms with E-state index < -0.39 is 5.97 Å². The Hall–Kier alpha value is -1.65. The van der Waals surface area contributed by atoms with E-state index in [1.54, 1.807) is 0 Å². The maximum Gasteiger partial charge on any atom is 0.303 e. The normalized spacial score (nSPS) is 15.2. The van der Waals surface area contributed by atoms with Crippen LogP contribution in [0.2, 0.25) is 0 Å². The Bertz CT molecular complexity index is 401. The summed E-state index contributed by atoms with van der Waals surface area (Å²) in [6.45, 7) is 0.684. The molecule has 5 heteroatoms. The van der Waals surface area contributed by atoms with Crippen molar-refractivity contribution in [3.63, 3.8) is 0 Å². The van der Waals surface area contributed by atoms with Crippen LogP contribution < -0.4 is 4.90 Å². The number of hydrogen-bond donors (Lipinski definition) is 1. The van der Waals surface area contributed by atoms with Gasteiger partial charge in [-0.3, -0.25) is 4.79 Å². The first-order chi connectivity index (χ1) is 8.66. The number of hydrogen-bond acceptors (Lipinski definition) is 4. The number of aromatic nitrogens is 2. The lowest BCUT2D eigenvalue weighted by atomic mass is 9.83. The van der Waals surface area contributed by atoms with Crippen LogP contribution >= 0.6 is 0 Å². The number of nitrogens with zero attached hydrogens (tertiary/aromatic N) is 3. The van der Waals surface area contributed by atoms with Gasteiger partial charge in [0.25, 0.3) is 0 Å². The fourth-order valence-corrected chi connectivity index (χ4v) is 2.04. The van der Waals surface area contributed by atoms with Crippen molar-refractivity contribution in [2.24, 2.45) is 0 Å². The largest absolute Gasteiger partial charge is 0.481 e. The summed E-state index contributed by atoms with van der Waals surface area (Å²) in [5, 5.41) is 17.0. The van der Waals surface area contributed by atoms with E-state index in [9.17, 15) is 4.79 Å². The van der Waals surface area contributed by atoms with Gasteiger partial charge in [0.15, 0.2) is 5.82 Å². The van der Waals surface area contributed by atoms with Crippen molar-refractivity contribution in [2.45, 2.75) is 38.0 Å². The Morgan fingerprint density at radius 1 is 1.44 bits per heavy atom. The molecule has 0 atom stereocenters. The summed E-state index contributed by atoms with van der Waals surface area (Å²) in [7, 11) is 1.91. The average molecular weight is 249 g/mol. The van der Waals surface area contributed by atoms with Crippen LogP contribution in [0, 0.1) is 0 Å². The van der Waals surface area contributed by atoms with E-state index in [4.69, 9.17) is 5.11 Å². The van der Waals surface area contributed by atoms with Crippen molar-refractivity contribution in [1.82, 2.24) is 10.2 Å². The monoisotopic (exact) mass is 249 g/mol. The highest BCUT2D eigenvalue weighted by Gasteiger charge is 2.21. The zero-order valence-corrected chi connectivity index (χ0v) is 10.7. The van der Waals surface area contributed by atoms with Crippen molar-refractivity contribution < 1.29 is 9.90 Å². The summed E-state index contributed by atoms with van der Waals surface area (Å²) in [6, 6.07) is 4.02. The van der Waals surface area contributed by atoms with E-state index in [-0.39, 0.29) is 6.42 Å². The Morgan fingerprint density at radius 3 is 2.72 bits per heavy atom. The predicted octanol–water partition coefficient (Wildman–Crippen LogP) is 2.05. The summed E-state index contributed by atoms with van der Waals surface area (Å²) in [5.41, 5.74) is 1.09. The highest BCUT2D eigenvalue weighted by atomic mass is 16.4. The smallest absolute Gasteiger partial charge is 0.303 e. The van der Waals surface area contributed by atoms with Crippen molar-refractivity contribution in [3.8, 4) is 0 Å². The first-order valence-corrected chi connectivity index (χ1v) is 6.43. The molecule has 0 aromatic carbocycles. The molecule has 0 amide bonds. The first kappa shape index (κ1) is 12.8. The Balaban J connectivity index is 1.85. The molecule has 1 aromatic rings. The molecule has 2 rings (SSSR count). The Labute approximate surface area is 107 Å². The lowest BCUT2D eigenvalue weighted by Crippen LogP contribution is -2.21. The molecule has 0 spiro atoms. The van der Waals surface area contributed by atoms with Crippen molar-refractivity contribution in [1.29, 1.82) is 0 Å². The molecular formula is C13H19N3O2. The highest BCUT2D eigenvalue weighted by Crippen LogP contribution is 2.35. The molecule has 1 aliphatic carbocycles. The minimum absolute atomic E-state index is 0.192. The molecule has 0 radical (unpaired) electrons. The van der Waals surface area contributed by atoms with Crippen LogP contribution in [0.25, 0.3) is 0 Å². The molecule has 0 bridgehead atoms. The number of carboxylic acids is 1. The van der Waals surface area contributed by atoms with Crippen LogP contribution in [-0.4, -0.2) is 34.9 Å². The van der Waals surface area contributed by atoms with Gasteiger partial charge in [0.05, 0.1) is 5.69 Å². The molecular weight excluding hydrogens is 230 g/mol. The van der Waals surface area contributed by atoms with Gasteiger partial charge in [0, 0.05) is 25.9 Å². The lowest BCUT2D eigenvalue weighted by Gasteiger charge is -2.24. The summed E-state index contributed by atoms with van der Waals surface area (Å²) >= 11 is 0. The van der Waals surface area contributed by atoms with E-state index in [1.807, 2.05) is 24.1 Å².